The second kappa shape index (κ2) is 6.62. The topological polar surface area (TPSA) is 49.8 Å². The molecule has 1 aliphatic heterocycles. The fraction of sp³-hybridized carbons (Fsp3) is 0.632. The molecule has 1 aromatic rings. The highest BCUT2D eigenvalue weighted by Crippen LogP contribution is 2.36. The maximum Gasteiger partial charge on any atom is 0.226 e. The van der Waals surface area contributed by atoms with Crippen molar-refractivity contribution in [2.45, 2.75) is 69.7 Å². The summed E-state index contributed by atoms with van der Waals surface area (Å²) in [6, 6.07) is 10.1. The summed E-state index contributed by atoms with van der Waals surface area (Å²) in [5.74, 6) is 0.0543. The van der Waals surface area contributed by atoms with Crippen LogP contribution in [-0.4, -0.2) is 40.2 Å². The van der Waals surface area contributed by atoms with E-state index in [0.29, 0.717) is 6.61 Å². The van der Waals surface area contributed by atoms with Crippen LogP contribution in [0.1, 0.15) is 57.6 Å². The van der Waals surface area contributed by atoms with E-state index >= 15 is 0 Å². The minimum atomic E-state index is -0.795. The highest BCUT2D eigenvalue weighted by atomic mass is 16.5. The van der Waals surface area contributed by atoms with Gasteiger partial charge in [0.05, 0.1) is 30.7 Å². The molecule has 2 aliphatic rings. The zero-order chi connectivity index (χ0) is 16.4. The van der Waals surface area contributed by atoms with Gasteiger partial charge in [-0.1, -0.05) is 43.2 Å². The van der Waals surface area contributed by atoms with E-state index in [9.17, 15) is 9.90 Å². The van der Waals surface area contributed by atoms with Gasteiger partial charge in [-0.2, -0.15) is 0 Å². The number of amides is 1. The first-order valence-corrected chi connectivity index (χ1v) is 8.70. The molecule has 4 heteroatoms. The van der Waals surface area contributed by atoms with Crippen molar-refractivity contribution < 1.29 is 14.6 Å². The van der Waals surface area contributed by atoms with Gasteiger partial charge in [0, 0.05) is 0 Å². The normalized spacial score (nSPS) is 30.4. The van der Waals surface area contributed by atoms with E-state index in [1.165, 1.54) is 0 Å². The SMILES string of the molecule is CC1COC(c2ccccc2)C(C)N1C(=O)CC1(O)CCCC1. The summed E-state index contributed by atoms with van der Waals surface area (Å²) in [4.78, 5) is 14.8. The molecule has 1 N–H and O–H groups in total. The first kappa shape index (κ1) is 16.5. The van der Waals surface area contributed by atoms with Crippen LogP contribution < -0.4 is 0 Å². The lowest BCUT2D eigenvalue weighted by Crippen LogP contribution is -2.55. The minimum absolute atomic E-state index is 0.0290. The van der Waals surface area contributed by atoms with Gasteiger partial charge in [-0.3, -0.25) is 4.79 Å². The molecule has 4 nitrogen and oxygen atoms in total. The number of hydrogen-bond acceptors (Lipinski definition) is 3. The van der Waals surface area contributed by atoms with Gasteiger partial charge in [-0.05, 0) is 32.3 Å². The summed E-state index contributed by atoms with van der Waals surface area (Å²) < 4.78 is 6.01. The van der Waals surface area contributed by atoms with Crippen molar-refractivity contribution in [1.82, 2.24) is 4.90 Å². The highest BCUT2D eigenvalue weighted by Gasteiger charge is 2.41. The molecule has 2 fully saturated rings. The Morgan fingerprint density at radius 1 is 1.26 bits per heavy atom. The largest absolute Gasteiger partial charge is 0.389 e. The Hall–Kier alpha value is -1.39. The molecule has 1 saturated carbocycles. The predicted molar refractivity (Wildman–Crippen MR) is 88.9 cm³/mol. The molecular formula is C19H27NO3. The van der Waals surface area contributed by atoms with Crippen LogP contribution in [0.5, 0.6) is 0 Å². The number of benzene rings is 1. The molecule has 1 heterocycles. The van der Waals surface area contributed by atoms with E-state index in [0.717, 1.165) is 31.2 Å². The third-order valence-electron chi connectivity index (χ3n) is 5.30. The van der Waals surface area contributed by atoms with Gasteiger partial charge in [-0.15, -0.1) is 0 Å². The molecule has 3 unspecified atom stereocenters. The molecule has 1 amide bonds. The lowest BCUT2D eigenvalue weighted by atomic mass is 9.94. The third kappa shape index (κ3) is 3.43. The third-order valence-corrected chi connectivity index (χ3v) is 5.30. The molecule has 3 rings (SSSR count). The fourth-order valence-electron chi connectivity index (χ4n) is 4.08. The van der Waals surface area contributed by atoms with Gasteiger partial charge < -0.3 is 14.7 Å². The average Bonchev–Trinajstić information content (AvgIpc) is 2.94. The Morgan fingerprint density at radius 2 is 1.91 bits per heavy atom. The molecule has 0 bridgehead atoms. The maximum absolute atomic E-state index is 12.9. The lowest BCUT2D eigenvalue weighted by molar-refractivity contribution is -0.157. The molecule has 0 aromatic heterocycles. The van der Waals surface area contributed by atoms with Crippen LogP contribution in [0, 0.1) is 0 Å². The van der Waals surface area contributed by atoms with Gasteiger partial charge in [0.1, 0.15) is 6.10 Å². The van der Waals surface area contributed by atoms with Crippen LogP contribution in [0.3, 0.4) is 0 Å². The van der Waals surface area contributed by atoms with Crippen molar-refractivity contribution in [3.05, 3.63) is 35.9 Å². The van der Waals surface area contributed by atoms with Crippen LogP contribution in [0.25, 0.3) is 0 Å². The summed E-state index contributed by atoms with van der Waals surface area (Å²) in [5.41, 5.74) is 0.307. The van der Waals surface area contributed by atoms with Gasteiger partial charge in [0.2, 0.25) is 5.91 Å². The van der Waals surface area contributed by atoms with Gasteiger partial charge >= 0.3 is 0 Å². The highest BCUT2D eigenvalue weighted by molar-refractivity contribution is 5.78. The van der Waals surface area contributed by atoms with E-state index in [2.05, 4.69) is 0 Å². The first-order chi connectivity index (χ1) is 11.0. The van der Waals surface area contributed by atoms with Gasteiger partial charge in [0.25, 0.3) is 0 Å². The second-order valence-electron chi connectivity index (χ2n) is 7.16. The summed E-state index contributed by atoms with van der Waals surface area (Å²) in [5, 5.41) is 10.6. The summed E-state index contributed by atoms with van der Waals surface area (Å²) in [6.45, 7) is 4.60. The van der Waals surface area contributed by atoms with E-state index in [1.54, 1.807) is 0 Å². The zero-order valence-corrected chi connectivity index (χ0v) is 14.1. The van der Waals surface area contributed by atoms with Crippen molar-refractivity contribution in [2.24, 2.45) is 0 Å². The number of morpholine rings is 1. The zero-order valence-electron chi connectivity index (χ0n) is 14.1. The number of rotatable bonds is 3. The van der Waals surface area contributed by atoms with Crippen molar-refractivity contribution in [1.29, 1.82) is 0 Å². The number of aliphatic hydroxyl groups is 1. The monoisotopic (exact) mass is 317 g/mol. The summed E-state index contributed by atoms with van der Waals surface area (Å²) in [7, 11) is 0. The van der Waals surface area contributed by atoms with E-state index in [-0.39, 0.29) is 30.5 Å². The summed E-state index contributed by atoms with van der Waals surface area (Å²) >= 11 is 0. The van der Waals surface area contributed by atoms with Gasteiger partial charge in [0.15, 0.2) is 0 Å². The smallest absolute Gasteiger partial charge is 0.226 e. The number of carbonyl (C=O) groups excluding carboxylic acids is 1. The maximum atomic E-state index is 12.9. The Morgan fingerprint density at radius 3 is 2.57 bits per heavy atom. The Bertz CT molecular complexity index is 539. The molecule has 1 aliphatic carbocycles. The number of hydrogen-bond donors (Lipinski definition) is 1. The summed E-state index contributed by atoms with van der Waals surface area (Å²) in [6.07, 6.45) is 3.66. The predicted octanol–water partition coefficient (Wildman–Crippen LogP) is 3.06. The molecule has 3 atom stereocenters. The van der Waals surface area contributed by atoms with Crippen molar-refractivity contribution in [3.8, 4) is 0 Å². The van der Waals surface area contributed by atoms with Gasteiger partial charge in [-0.25, -0.2) is 0 Å². The van der Waals surface area contributed by atoms with Crippen molar-refractivity contribution in [2.75, 3.05) is 6.61 Å². The Kier molecular flexibility index (Phi) is 4.74. The Labute approximate surface area is 138 Å². The van der Waals surface area contributed by atoms with Crippen LogP contribution in [0.15, 0.2) is 30.3 Å². The van der Waals surface area contributed by atoms with E-state index < -0.39 is 5.60 Å². The second-order valence-corrected chi connectivity index (χ2v) is 7.16. The molecule has 0 spiro atoms. The number of carbonyl (C=O) groups is 1. The van der Waals surface area contributed by atoms with Crippen LogP contribution in [0.2, 0.25) is 0 Å². The molecular weight excluding hydrogens is 290 g/mol. The molecule has 1 aromatic carbocycles. The van der Waals surface area contributed by atoms with E-state index in [4.69, 9.17) is 4.74 Å². The lowest BCUT2D eigenvalue weighted by Gasteiger charge is -2.44. The molecule has 1 saturated heterocycles. The van der Waals surface area contributed by atoms with Crippen LogP contribution in [0.4, 0.5) is 0 Å². The van der Waals surface area contributed by atoms with Crippen LogP contribution >= 0.6 is 0 Å². The molecule has 23 heavy (non-hydrogen) atoms. The quantitative estimate of drug-likeness (QED) is 0.932. The van der Waals surface area contributed by atoms with E-state index in [1.807, 2.05) is 49.1 Å². The minimum Gasteiger partial charge on any atom is -0.389 e. The van der Waals surface area contributed by atoms with Crippen molar-refractivity contribution in [3.63, 3.8) is 0 Å². The Balaban J connectivity index is 1.75. The van der Waals surface area contributed by atoms with Crippen LogP contribution in [-0.2, 0) is 9.53 Å². The first-order valence-electron chi connectivity index (χ1n) is 8.70. The number of ether oxygens (including phenoxy) is 1. The standard InChI is InChI=1S/C19H27NO3/c1-14-13-23-18(16-8-4-3-5-9-16)15(2)20(14)17(21)12-19(22)10-6-7-11-19/h3-5,8-9,14-15,18,22H,6-7,10-13H2,1-2H3. The van der Waals surface area contributed by atoms with Crippen molar-refractivity contribution >= 4 is 5.91 Å². The molecule has 0 radical (unpaired) electrons. The number of nitrogens with zero attached hydrogens (tertiary/aromatic N) is 1. The molecule has 126 valence electrons. The fourth-order valence-corrected chi connectivity index (χ4v) is 4.08. The average molecular weight is 317 g/mol.